The number of pyridine rings is 1. The van der Waals surface area contributed by atoms with Crippen molar-refractivity contribution in [2.75, 3.05) is 25.1 Å². The largest absolute Gasteiger partial charge is 0.587 e. The summed E-state index contributed by atoms with van der Waals surface area (Å²) in [5.74, 6) is -1.25. The van der Waals surface area contributed by atoms with Crippen LogP contribution in [0.1, 0.15) is 30.0 Å². The number of hydrogen-bond acceptors (Lipinski definition) is 8. The van der Waals surface area contributed by atoms with Gasteiger partial charge in [-0.15, -0.1) is 16.2 Å². The number of rotatable bonds is 9. The van der Waals surface area contributed by atoms with Gasteiger partial charge in [0.2, 0.25) is 5.88 Å². The first-order chi connectivity index (χ1) is 20.8. The van der Waals surface area contributed by atoms with E-state index in [0.717, 1.165) is 5.69 Å². The van der Waals surface area contributed by atoms with Gasteiger partial charge >= 0.3 is 0 Å². The highest BCUT2D eigenvalue weighted by atomic mass is 32.2. The fraction of sp³-hybridized carbons (Fsp3) is 0.194. The van der Waals surface area contributed by atoms with Gasteiger partial charge in [-0.2, -0.15) is 9.23 Å². The Bertz CT molecular complexity index is 1780. The van der Waals surface area contributed by atoms with Crippen LogP contribution in [0, 0.1) is 22.2 Å². The number of thiophene rings is 1. The minimum atomic E-state index is -1.86. The Kier molecular flexibility index (Phi) is 8.86. The molecule has 1 unspecified atom stereocenters. The zero-order chi connectivity index (χ0) is 30.7. The second-order valence-electron chi connectivity index (χ2n) is 9.69. The number of methoxy groups -OCH3 is 1. The van der Waals surface area contributed by atoms with E-state index in [1.54, 1.807) is 39.7 Å². The first kappa shape index (κ1) is 29.9. The molecule has 12 heteroatoms. The molecular weight excluding hydrogens is 590 g/mol. The van der Waals surface area contributed by atoms with Gasteiger partial charge in [-0.3, -0.25) is 4.79 Å². The second-order valence-corrected chi connectivity index (χ2v) is 11.9. The summed E-state index contributed by atoms with van der Waals surface area (Å²) in [7, 11) is 1.49. The Morgan fingerprint density at radius 2 is 2.09 bits per heavy atom. The average molecular weight is 616 g/mol. The van der Waals surface area contributed by atoms with Crippen molar-refractivity contribution in [2.45, 2.75) is 18.7 Å². The maximum absolute atomic E-state index is 14.7. The van der Waals surface area contributed by atoms with Gasteiger partial charge in [0.05, 0.1) is 30.7 Å². The summed E-state index contributed by atoms with van der Waals surface area (Å²) in [5, 5.41) is 14.3. The van der Waals surface area contributed by atoms with Crippen LogP contribution < -0.4 is 9.64 Å². The molecule has 0 saturated carbocycles. The number of allylic oxidation sites excluding steroid dienone is 2. The summed E-state index contributed by atoms with van der Waals surface area (Å²) in [5.41, 5.74) is 4.02. The van der Waals surface area contributed by atoms with Gasteiger partial charge in [-0.25, -0.2) is 9.37 Å². The molecule has 1 saturated heterocycles. The fourth-order valence-electron chi connectivity index (χ4n) is 5.01. The quantitative estimate of drug-likeness (QED) is 0.149. The van der Waals surface area contributed by atoms with Crippen LogP contribution in [0.4, 0.5) is 10.1 Å². The molecule has 1 atom stereocenters. The molecule has 0 N–H and O–H groups in total. The lowest BCUT2D eigenvalue weighted by Crippen LogP contribution is -2.50. The molecule has 218 valence electrons. The van der Waals surface area contributed by atoms with Crippen molar-refractivity contribution < 1.29 is 18.5 Å². The Morgan fingerprint density at radius 1 is 1.30 bits per heavy atom. The van der Waals surface area contributed by atoms with Crippen LogP contribution in [0.15, 0.2) is 76.0 Å². The van der Waals surface area contributed by atoms with Gasteiger partial charge in [-0.05, 0) is 49.6 Å². The van der Waals surface area contributed by atoms with E-state index in [9.17, 15) is 23.9 Å². The molecule has 3 aromatic heterocycles. The molecule has 1 amide bonds. The summed E-state index contributed by atoms with van der Waals surface area (Å²) in [6.45, 7) is 3.83. The van der Waals surface area contributed by atoms with Gasteiger partial charge in [0.25, 0.3) is 5.91 Å². The molecule has 0 spiro atoms. The zero-order valence-electron chi connectivity index (χ0n) is 23.5. The van der Waals surface area contributed by atoms with Crippen molar-refractivity contribution in [2.24, 2.45) is 11.1 Å². The van der Waals surface area contributed by atoms with E-state index in [0.29, 0.717) is 62.4 Å². The predicted molar refractivity (Wildman–Crippen MR) is 166 cm³/mol. The lowest BCUT2D eigenvalue weighted by Gasteiger charge is -2.38. The molecule has 43 heavy (non-hydrogen) atoms. The number of halogens is 1. The molecule has 9 nitrogen and oxygen atoms in total. The Hall–Kier alpha value is -4.57. The van der Waals surface area contributed by atoms with Crippen LogP contribution in [0.25, 0.3) is 34.5 Å². The Balaban J connectivity index is 1.80. The van der Waals surface area contributed by atoms with Crippen molar-refractivity contribution >= 4 is 46.4 Å². The number of ether oxygens (including phenoxy) is 1. The number of nitriles is 1. The first-order valence-corrected chi connectivity index (χ1v) is 15.2. The van der Waals surface area contributed by atoms with Gasteiger partial charge < -0.3 is 14.2 Å². The molecular formula is C31H26FN5O4S2. The van der Waals surface area contributed by atoms with Crippen molar-refractivity contribution in [3.63, 3.8) is 0 Å². The highest BCUT2D eigenvalue weighted by Gasteiger charge is 2.35. The van der Waals surface area contributed by atoms with Crippen LogP contribution in [0.5, 0.6) is 5.88 Å². The highest BCUT2D eigenvalue weighted by molar-refractivity contribution is 7.90. The third kappa shape index (κ3) is 5.75. The Labute approximate surface area is 254 Å². The van der Waals surface area contributed by atoms with Gasteiger partial charge in [0.15, 0.2) is 4.90 Å². The van der Waals surface area contributed by atoms with Crippen LogP contribution in [0.3, 0.4) is 0 Å². The predicted octanol–water partition coefficient (Wildman–Crippen LogP) is 6.82. The van der Waals surface area contributed by atoms with Crippen molar-refractivity contribution in [3.8, 4) is 34.3 Å². The molecule has 5 rings (SSSR count). The summed E-state index contributed by atoms with van der Waals surface area (Å²) in [6, 6.07) is 14.8. The van der Waals surface area contributed by atoms with E-state index in [2.05, 4.69) is 16.2 Å². The van der Waals surface area contributed by atoms with Gasteiger partial charge in [0.1, 0.15) is 28.0 Å². The fourth-order valence-corrected chi connectivity index (χ4v) is 6.94. The zero-order valence-corrected chi connectivity index (χ0v) is 25.1. The van der Waals surface area contributed by atoms with Crippen LogP contribution >= 0.6 is 11.3 Å². The first-order valence-electron chi connectivity index (χ1n) is 13.2. The maximum Gasteiger partial charge on any atom is 0.292 e. The lowest BCUT2D eigenvalue weighted by atomic mass is 9.95. The maximum atomic E-state index is 14.7. The summed E-state index contributed by atoms with van der Waals surface area (Å²) in [4.78, 5) is 29.5. The van der Waals surface area contributed by atoms with E-state index in [1.807, 2.05) is 36.1 Å². The highest BCUT2D eigenvalue weighted by Crippen LogP contribution is 2.46. The van der Waals surface area contributed by atoms with Crippen molar-refractivity contribution in [1.29, 1.82) is 5.26 Å². The monoisotopic (exact) mass is 615 g/mol. The average Bonchev–Trinajstić information content (AvgIpc) is 3.58. The Morgan fingerprint density at radius 3 is 2.72 bits per heavy atom. The number of nitrogens with zero attached hydrogens (tertiary/aromatic N) is 5. The van der Waals surface area contributed by atoms with E-state index in [-0.39, 0.29) is 0 Å². The number of nitroso groups, excluding NO2 is 1. The molecule has 1 aromatic carbocycles. The van der Waals surface area contributed by atoms with Gasteiger partial charge in [-0.1, -0.05) is 18.2 Å². The molecule has 4 aromatic rings. The SMILES string of the molecule is C/C=C\c1c(/C=C(\C)F)c(-c2ccsc2C#N)c(-c2cccc(N3CC(C(=O)N=O)C3)c2)n1[S+]([O-])c1ccc(OC)nc1. The minimum Gasteiger partial charge on any atom is -0.587 e. The second kappa shape index (κ2) is 12.7. The molecule has 1 fully saturated rings. The van der Waals surface area contributed by atoms with E-state index in [4.69, 9.17) is 4.74 Å². The molecule has 0 bridgehead atoms. The smallest absolute Gasteiger partial charge is 0.292 e. The van der Waals surface area contributed by atoms with E-state index < -0.39 is 29.0 Å². The number of carbonyl (C=O) groups excluding carboxylic acids is 1. The summed E-state index contributed by atoms with van der Waals surface area (Å²) < 4.78 is 36.0. The number of amides is 1. The van der Waals surface area contributed by atoms with E-state index in [1.165, 1.54) is 37.6 Å². The number of hydrogen-bond donors (Lipinski definition) is 0. The lowest BCUT2D eigenvalue weighted by molar-refractivity contribution is -0.122. The van der Waals surface area contributed by atoms with Gasteiger partial charge in [0, 0.05) is 58.3 Å². The van der Waals surface area contributed by atoms with E-state index >= 15 is 0 Å². The standard InChI is InChI=1S/C31H26FN5O4S2/c1-4-6-26-25(13-19(2)32)29(24-11-12-42-27(24)15-33)30(37(26)43(40)23-9-10-28(41-3)34-16-23)20-7-5-8-22(14-20)36-17-21(18-36)31(38)35-39/h4-14,16,21H,17-18H2,1-3H3/b6-4-,19-13+. The molecule has 1 aliphatic heterocycles. The third-order valence-electron chi connectivity index (χ3n) is 7.00. The molecule has 4 heterocycles. The number of carbonyl (C=O) groups is 1. The van der Waals surface area contributed by atoms with Crippen LogP contribution in [-0.2, 0) is 16.2 Å². The summed E-state index contributed by atoms with van der Waals surface area (Å²) >= 11 is -0.602. The molecule has 0 radical (unpaired) electrons. The van der Waals surface area contributed by atoms with Crippen LogP contribution in [-0.4, -0.2) is 39.6 Å². The molecule has 0 aliphatic carbocycles. The normalized spacial score (nSPS) is 14.4. The minimum absolute atomic E-state index is 0.341. The number of aromatic nitrogens is 2. The summed E-state index contributed by atoms with van der Waals surface area (Å²) in [6.07, 6.45) is 6.39. The van der Waals surface area contributed by atoms with Crippen molar-refractivity contribution in [1.82, 2.24) is 8.96 Å². The number of anilines is 1. The third-order valence-corrected chi connectivity index (χ3v) is 9.17. The van der Waals surface area contributed by atoms with Crippen LogP contribution in [0.2, 0.25) is 0 Å². The topological polar surface area (TPSA) is 124 Å². The molecule has 1 aliphatic rings. The number of benzene rings is 1. The van der Waals surface area contributed by atoms with Crippen molar-refractivity contribution in [3.05, 3.63) is 87.0 Å².